The minimum atomic E-state index is -1.00. The Balaban J connectivity index is 2.24. The maximum atomic E-state index is 10.7. The third-order valence-corrected chi connectivity index (χ3v) is 3.69. The molecule has 2 aromatic rings. The molecule has 0 aliphatic carbocycles. The Morgan fingerprint density at radius 2 is 1.87 bits per heavy atom. The highest BCUT2D eigenvalue weighted by atomic mass is 79.9. The lowest BCUT2D eigenvalue weighted by atomic mass is 10.2. The first-order valence-electron chi connectivity index (χ1n) is 7.14. The summed E-state index contributed by atoms with van der Waals surface area (Å²) in [5.74, 6) is 0.186. The molecule has 120 valence electrons. The standard InChI is InChI=1S/C18H17BrO4/c1-2-22-16-10-14(8-9-18(20)21)15(19)11-17(16)23-12-13-6-4-3-5-7-13/h3-11H,2,12H2,1H3,(H,20,21). The number of ether oxygens (including phenoxy) is 2. The maximum Gasteiger partial charge on any atom is 0.328 e. The zero-order valence-corrected chi connectivity index (χ0v) is 14.2. The van der Waals surface area contributed by atoms with Gasteiger partial charge in [0, 0.05) is 10.5 Å². The molecule has 0 bridgehead atoms. The van der Waals surface area contributed by atoms with Crippen LogP contribution in [0.1, 0.15) is 18.1 Å². The van der Waals surface area contributed by atoms with Gasteiger partial charge in [-0.2, -0.15) is 0 Å². The molecule has 4 nitrogen and oxygen atoms in total. The molecule has 0 aliphatic heterocycles. The van der Waals surface area contributed by atoms with Crippen LogP contribution in [0, 0.1) is 0 Å². The molecular formula is C18H17BrO4. The van der Waals surface area contributed by atoms with Crippen molar-refractivity contribution in [2.45, 2.75) is 13.5 Å². The predicted molar refractivity (Wildman–Crippen MR) is 92.8 cm³/mol. The molecule has 2 rings (SSSR count). The number of carboxylic acids is 1. The molecule has 0 radical (unpaired) electrons. The summed E-state index contributed by atoms with van der Waals surface area (Å²) in [6.07, 6.45) is 2.59. The van der Waals surface area contributed by atoms with E-state index in [0.29, 0.717) is 30.3 Å². The molecule has 0 fully saturated rings. The normalized spacial score (nSPS) is 10.7. The number of carboxylic acid groups (broad SMARTS) is 1. The largest absolute Gasteiger partial charge is 0.490 e. The molecule has 1 N–H and O–H groups in total. The Bertz CT molecular complexity index is 696. The average Bonchev–Trinajstić information content (AvgIpc) is 2.54. The van der Waals surface area contributed by atoms with Gasteiger partial charge in [-0.3, -0.25) is 0 Å². The lowest BCUT2D eigenvalue weighted by Crippen LogP contribution is -2.00. The van der Waals surface area contributed by atoms with Crippen LogP contribution in [-0.2, 0) is 11.4 Å². The molecule has 0 atom stereocenters. The van der Waals surface area contributed by atoms with Gasteiger partial charge in [0.25, 0.3) is 0 Å². The van der Waals surface area contributed by atoms with Crippen molar-refractivity contribution < 1.29 is 19.4 Å². The summed E-state index contributed by atoms with van der Waals surface area (Å²) in [5, 5.41) is 8.75. The topological polar surface area (TPSA) is 55.8 Å². The van der Waals surface area contributed by atoms with Crippen molar-refractivity contribution in [2.75, 3.05) is 6.61 Å². The first-order valence-corrected chi connectivity index (χ1v) is 7.93. The third kappa shape index (κ3) is 5.14. The van der Waals surface area contributed by atoms with Gasteiger partial charge in [0.2, 0.25) is 0 Å². The van der Waals surface area contributed by atoms with E-state index in [-0.39, 0.29) is 0 Å². The number of hydrogen-bond donors (Lipinski definition) is 1. The quantitative estimate of drug-likeness (QED) is 0.721. The first-order chi connectivity index (χ1) is 11.1. The van der Waals surface area contributed by atoms with E-state index in [9.17, 15) is 4.79 Å². The number of benzene rings is 2. The van der Waals surface area contributed by atoms with Crippen LogP contribution in [0.4, 0.5) is 0 Å². The number of halogens is 1. The first kappa shape index (κ1) is 17.1. The maximum absolute atomic E-state index is 10.7. The second kappa shape index (κ2) is 8.39. The zero-order valence-electron chi connectivity index (χ0n) is 12.7. The summed E-state index contributed by atoms with van der Waals surface area (Å²) in [5.41, 5.74) is 1.77. The number of aliphatic carboxylic acids is 1. The van der Waals surface area contributed by atoms with E-state index in [4.69, 9.17) is 14.6 Å². The number of rotatable bonds is 7. The second-order valence-electron chi connectivity index (χ2n) is 4.70. The van der Waals surface area contributed by atoms with Crippen molar-refractivity contribution in [1.29, 1.82) is 0 Å². The van der Waals surface area contributed by atoms with Crippen molar-refractivity contribution in [2.24, 2.45) is 0 Å². The number of hydrogen-bond acceptors (Lipinski definition) is 3. The summed E-state index contributed by atoms with van der Waals surface area (Å²) >= 11 is 3.43. The number of carbonyl (C=O) groups is 1. The monoisotopic (exact) mass is 376 g/mol. The fourth-order valence-electron chi connectivity index (χ4n) is 1.96. The lowest BCUT2D eigenvalue weighted by Gasteiger charge is -2.14. The highest BCUT2D eigenvalue weighted by Crippen LogP contribution is 2.35. The van der Waals surface area contributed by atoms with Crippen molar-refractivity contribution in [3.8, 4) is 11.5 Å². The Morgan fingerprint density at radius 3 is 2.52 bits per heavy atom. The SMILES string of the molecule is CCOc1cc(C=CC(=O)O)c(Br)cc1OCc1ccccc1. The molecule has 0 heterocycles. The molecule has 0 saturated carbocycles. The predicted octanol–water partition coefficient (Wildman–Crippen LogP) is 4.52. The molecular weight excluding hydrogens is 360 g/mol. The van der Waals surface area contributed by atoms with E-state index < -0.39 is 5.97 Å². The summed E-state index contributed by atoms with van der Waals surface area (Å²) in [4.78, 5) is 10.7. The van der Waals surface area contributed by atoms with Crippen LogP contribution >= 0.6 is 15.9 Å². The van der Waals surface area contributed by atoms with E-state index in [1.54, 1.807) is 12.1 Å². The summed E-state index contributed by atoms with van der Waals surface area (Å²) in [7, 11) is 0. The van der Waals surface area contributed by atoms with Crippen LogP contribution in [0.15, 0.2) is 53.0 Å². The van der Waals surface area contributed by atoms with Crippen LogP contribution in [-0.4, -0.2) is 17.7 Å². The summed E-state index contributed by atoms with van der Waals surface area (Å²) < 4.78 is 12.2. The average molecular weight is 377 g/mol. The minimum absolute atomic E-state index is 0.428. The zero-order chi connectivity index (χ0) is 16.7. The Kier molecular flexibility index (Phi) is 6.23. The van der Waals surface area contributed by atoms with Gasteiger partial charge in [-0.25, -0.2) is 4.79 Å². The van der Waals surface area contributed by atoms with E-state index in [0.717, 1.165) is 16.1 Å². The fraction of sp³-hybridized carbons (Fsp3) is 0.167. The van der Waals surface area contributed by atoms with E-state index in [1.165, 1.54) is 6.08 Å². The van der Waals surface area contributed by atoms with Crippen LogP contribution in [0.3, 0.4) is 0 Å². The van der Waals surface area contributed by atoms with Gasteiger partial charge in [-0.05, 0) is 36.3 Å². The van der Waals surface area contributed by atoms with Crippen LogP contribution < -0.4 is 9.47 Å². The van der Waals surface area contributed by atoms with Gasteiger partial charge in [0.05, 0.1) is 6.61 Å². The Labute approximate surface area is 143 Å². The van der Waals surface area contributed by atoms with Gasteiger partial charge in [0.15, 0.2) is 11.5 Å². The van der Waals surface area contributed by atoms with Crippen molar-refractivity contribution in [3.63, 3.8) is 0 Å². The van der Waals surface area contributed by atoms with E-state index in [2.05, 4.69) is 15.9 Å². The Morgan fingerprint density at radius 1 is 1.17 bits per heavy atom. The third-order valence-electron chi connectivity index (χ3n) is 3.01. The molecule has 0 amide bonds. The second-order valence-corrected chi connectivity index (χ2v) is 5.55. The highest BCUT2D eigenvalue weighted by molar-refractivity contribution is 9.10. The molecule has 2 aromatic carbocycles. The smallest absolute Gasteiger partial charge is 0.328 e. The van der Waals surface area contributed by atoms with Crippen molar-refractivity contribution in [3.05, 3.63) is 64.1 Å². The van der Waals surface area contributed by atoms with E-state index >= 15 is 0 Å². The van der Waals surface area contributed by atoms with Crippen molar-refractivity contribution in [1.82, 2.24) is 0 Å². The van der Waals surface area contributed by atoms with Gasteiger partial charge < -0.3 is 14.6 Å². The highest BCUT2D eigenvalue weighted by Gasteiger charge is 2.10. The lowest BCUT2D eigenvalue weighted by molar-refractivity contribution is -0.131. The molecule has 23 heavy (non-hydrogen) atoms. The Hall–Kier alpha value is -2.27. The van der Waals surface area contributed by atoms with Gasteiger partial charge in [0.1, 0.15) is 6.61 Å². The van der Waals surface area contributed by atoms with Crippen LogP contribution in [0.5, 0.6) is 11.5 Å². The van der Waals surface area contributed by atoms with Gasteiger partial charge in [-0.15, -0.1) is 0 Å². The van der Waals surface area contributed by atoms with Gasteiger partial charge in [-0.1, -0.05) is 46.3 Å². The molecule has 0 aromatic heterocycles. The summed E-state index contributed by atoms with van der Waals surface area (Å²) in [6, 6.07) is 13.4. The molecule has 0 unspecified atom stereocenters. The van der Waals surface area contributed by atoms with Crippen LogP contribution in [0.2, 0.25) is 0 Å². The van der Waals surface area contributed by atoms with E-state index in [1.807, 2.05) is 37.3 Å². The summed E-state index contributed by atoms with van der Waals surface area (Å²) in [6.45, 7) is 2.80. The van der Waals surface area contributed by atoms with Gasteiger partial charge >= 0.3 is 5.97 Å². The molecule has 0 aliphatic rings. The molecule has 0 spiro atoms. The van der Waals surface area contributed by atoms with Crippen LogP contribution in [0.25, 0.3) is 6.08 Å². The fourth-order valence-corrected chi connectivity index (χ4v) is 2.41. The minimum Gasteiger partial charge on any atom is -0.490 e. The molecule has 5 heteroatoms. The van der Waals surface area contributed by atoms with Crippen molar-refractivity contribution >= 4 is 28.0 Å². The molecule has 0 saturated heterocycles.